The van der Waals surface area contributed by atoms with Gasteiger partial charge in [0.25, 0.3) is 0 Å². The summed E-state index contributed by atoms with van der Waals surface area (Å²) in [5.41, 5.74) is 2.04. The fourth-order valence-electron chi connectivity index (χ4n) is 3.53. The van der Waals surface area contributed by atoms with Crippen molar-refractivity contribution in [2.24, 2.45) is 0 Å². The van der Waals surface area contributed by atoms with Crippen LogP contribution in [-0.2, 0) is 6.42 Å². The lowest BCUT2D eigenvalue weighted by Gasteiger charge is -2.12. The number of fused-ring (bicyclic) bond motifs is 1. The highest BCUT2D eigenvalue weighted by atomic mass is 19.4. The van der Waals surface area contributed by atoms with Crippen LogP contribution in [0.4, 0.5) is 22.0 Å². The number of hydrogen-bond acceptors (Lipinski definition) is 1. The summed E-state index contributed by atoms with van der Waals surface area (Å²) >= 11 is 0. The van der Waals surface area contributed by atoms with Crippen molar-refractivity contribution >= 4 is 10.8 Å². The summed E-state index contributed by atoms with van der Waals surface area (Å²) < 4.78 is 70.3. The van der Waals surface area contributed by atoms with E-state index in [-0.39, 0.29) is 11.1 Å². The Morgan fingerprint density at radius 3 is 1.87 bits per heavy atom. The number of hydrogen-bond donors (Lipinski definition) is 0. The molecule has 0 atom stereocenters. The molecule has 0 spiro atoms. The molecule has 0 aliphatic heterocycles. The zero-order valence-corrected chi connectivity index (χ0v) is 16.4. The van der Waals surface area contributed by atoms with Gasteiger partial charge in [-0.15, -0.1) is 13.2 Å². The van der Waals surface area contributed by atoms with E-state index in [9.17, 15) is 22.0 Å². The van der Waals surface area contributed by atoms with Crippen molar-refractivity contribution in [3.8, 4) is 28.0 Å². The molecular weight excluding hydrogens is 411 g/mol. The molecule has 0 amide bonds. The highest BCUT2D eigenvalue weighted by molar-refractivity contribution is 5.88. The number of benzene rings is 4. The third-order valence-electron chi connectivity index (χ3n) is 5.06. The maximum absolute atomic E-state index is 14.8. The molecule has 0 aliphatic rings. The molecule has 0 unspecified atom stereocenters. The molecule has 0 aromatic heterocycles. The van der Waals surface area contributed by atoms with Crippen LogP contribution in [0.5, 0.6) is 5.75 Å². The van der Waals surface area contributed by atoms with Gasteiger partial charge < -0.3 is 4.74 Å². The first kappa shape index (κ1) is 20.8. The normalized spacial score (nSPS) is 11.7. The van der Waals surface area contributed by atoms with Gasteiger partial charge in [-0.25, -0.2) is 8.78 Å². The second kappa shape index (κ2) is 8.02. The van der Waals surface area contributed by atoms with Crippen molar-refractivity contribution in [1.82, 2.24) is 0 Å². The molecule has 0 N–H and O–H groups in total. The van der Waals surface area contributed by atoms with Crippen LogP contribution in [0, 0.1) is 11.6 Å². The highest BCUT2D eigenvalue weighted by Crippen LogP contribution is 2.34. The van der Waals surface area contributed by atoms with Gasteiger partial charge in [-0.1, -0.05) is 49.4 Å². The lowest BCUT2D eigenvalue weighted by Crippen LogP contribution is -2.16. The minimum Gasteiger partial charge on any atom is -0.406 e. The predicted molar refractivity (Wildman–Crippen MR) is 111 cm³/mol. The second-order valence-corrected chi connectivity index (χ2v) is 7.14. The summed E-state index contributed by atoms with van der Waals surface area (Å²) in [6.07, 6.45) is -3.92. The Labute approximate surface area is 175 Å². The first-order chi connectivity index (χ1) is 14.7. The topological polar surface area (TPSA) is 9.23 Å². The van der Waals surface area contributed by atoms with E-state index in [1.165, 1.54) is 29.8 Å². The van der Waals surface area contributed by atoms with Crippen LogP contribution in [0.3, 0.4) is 0 Å². The lowest BCUT2D eigenvalue weighted by atomic mass is 9.96. The Kier molecular flexibility index (Phi) is 5.39. The number of rotatable bonds is 4. The van der Waals surface area contributed by atoms with Gasteiger partial charge in [-0.3, -0.25) is 0 Å². The number of halogens is 5. The molecule has 0 fully saturated rings. The van der Waals surface area contributed by atoms with E-state index < -0.39 is 23.7 Å². The predicted octanol–water partition coefficient (Wildman–Crippen LogP) is 7.91. The Bertz CT molecular complexity index is 1220. The summed E-state index contributed by atoms with van der Waals surface area (Å²) in [6, 6.07) is 18.5. The van der Waals surface area contributed by atoms with Gasteiger partial charge in [0.1, 0.15) is 17.4 Å². The average Bonchev–Trinajstić information content (AvgIpc) is 2.72. The van der Waals surface area contributed by atoms with Gasteiger partial charge in [-0.05, 0) is 69.8 Å². The maximum atomic E-state index is 14.8. The number of aryl methyl sites for hydroxylation is 1. The zero-order valence-electron chi connectivity index (χ0n) is 16.4. The van der Waals surface area contributed by atoms with Crippen LogP contribution in [-0.4, -0.2) is 6.36 Å². The fourth-order valence-corrected chi connectivity index (χ4v) is 3.53. The Morgan fingerprint density at radius 1 is 0.677 bits per heavy atom. The van der Waals surface area contributed by atoms with Gasteiger partial charge >= 0.3 is 6.36 Å². The first-order valence-corrected chi connectivity index (χ1v) is 9.62. The molecule has 0 aliphatic carbocycles. The van der Waals surface area contributed by atoms with Gasteiger partial charge in [0.15, 0.2) is 0 Å². The van der Waals surface area contributed by atoms with Crippen LogP contribution in [0.1, 0.15) is 12.5 Å². The van der Waals surface area contributed by atoms with Crippen molar-refractivity contribution < 1.29 is 26.7 Å². The third kappa shape index (κ3) is 4.53. The van der Waals surface area contributed by atoms with Crippen molar-refractivity contribution in [2.45, 2.75) is 19.7 Å². The SMILES string of the molecule is CCc1ccc2cc(-c3cc(F)c(-c4ccc(OC(F)(F)F)cc4)c(F)c3)ccc2c1. The quantitative estimate of drug-likeness (QED) is 0.300. The van der Waals surface area contributed by atoms with E-state index >= 15 is 0 Å². The first-order valence-electron chi connectivity index (χ1n) is 9.62. The molecule has 4 rings (SSSR count). The van der Waals surface area contributed by atoms with E-state index in [1.54, 1.807) is 6.07 Å². The molecule has 0 heterocycles. The molecule has 31 heavy (non-hydrogen) atoms. The van der Waals surface area contributed by atoms with Crippen molar-refractivity contribution in [2.75, 3.05) is 0 Å². The van der Waals surface area contributed by atoms with Crippen molar-refractivity contribution in [1.29, 1.82) is 0 Å². The van der Waals surface area contributed by atoms with Gasteiger partial charge in [-0.2, -0.15) is 0 Å². The second-order valence-electron chi connectivity index (χ2n) is 7.14. The van der Waals surface area contributed by atoms with Crippen molar-refractivity contribution in [3.63, 3.8) is 0 Å². The summed E-state index contributed by atoms with van der Waals surface area (Å²) in [6.45, 7) is 2.07. The summed E-state index contributed by atoms with van der Waals surface area (Å²) in [4.78, 5) is 0. The molecule has 0 saturated carbocycles. The summed E-state index contributed by atoms with van der Waals surface area (Å²) in [7, 11) is 0. The van der Waals surface area contributed by atoms with E-state index in [2.05, 4.69) is 17.7 Å². The Hall–Kier alpha value is -3.41. The van der Waals surface area contributed by atoms with Gasteiger partial charge in [0, 0.05) is 0 Å². The standard InChI is InChI=1S/C25H17F5O/c1-2-15-3-4-18-12-19(6-5-17(18)11-15)20-13-22(26)24(23(27)14-20)16-7-9-21(10-8-16)31-25(28,29)30/h3-14H,2H2,1H3. The van der Waals surface area contributed by atoms with E-state index in [1.807, 2.05) is 24.3 Å². The third-order valence-corrected chi connectivity index (χ3v) is 5.06. The van der Waals surface area contributed by atoms with E-state index in [4.69, 9.17) is 0 Å². The van der Waals surface area contributed by atoms with Gasteiger partial charge in [0.05, 0.1) is 5.56 Å². The van der Waals surface area contributed by atoms with Crippen molar-refractivity contribution in [3.05, 3.63) is 90.0 Å². The van der Waals surface area contributed by atoms with Crippen LogP contribution >= 0.6 is 0 Å². The molecular formula is C25H17F5O. The molecule has 0 bridgehead atoms. The highest BCUT2D eigenvalue weighted by Gasteiger charge is 2.31. The minimum atomic E-state index is -4.84. The van der Waals surface area contributed by atoms with Crippen LogP contribution in [0.2, 0.25) is 0 Å². The van der Waals surface area contributed by atoms with Gasteiger partial charge in [0.2, 0.25) is 0 Å². The zero-order chi connectivity index (χ0) is 22.2. The summed E-state index contributed by atoms with van der Waals surface area (Å²) in [5.74, 6) is -2.07. The monoisotopic (exact) mass is 428 g/mol. The van der Waals surface area contributed by atoms with Crippen LogP contribution < -0.4 is 4.74 Å². The molecule has 0 radical (unpaired) electrons. The number of alkyl halides is 3. The minimum absolute atomic E-state index is 0.113. The fraction of sp³-hybridized carbons (Fsp3) is 0.120. The van der Waals surface area contributed by atoms with Crippen LogP contribution in [0.15, 0.2) is 72.8 Å². The molecule has 0 saturated heterocycles. The molecule has 158 valence electrons. The van der Waals surface area contributed by atoms with Crippen LogP contribution in [0.25, 0.3) is 33.0 Å². The average molecular weight is 428 g/mol. The molecule has 6 heteroatoms. The maximum Gasteiger partial charge on any atom is 0.573 e. The Balaban J connectivity index is 1.68. The van der Waals surface area contributed by atoms with E-state index in [0.29, 0.717) is 11.1 Å². The number of ether oxygens (including phenoxy) is 1. The molecule has 4 aromatic carbocycles. The smallest absolute Gasteiger partial charge is 0.406 e. The Morgan fingerprint density at radius 2 is 1.26 bits per heavy atom. The molecule has 1 nitrogen and oxygen atoms in total. The molecule has 4 aromatic rings. The largest absolute Gasteiger partial charge is 0.573 e. The summed E-state index contributed by atoms with van der Waals surface area (Å²) in [5, 5.41) is 2.00. The lowest BCUT2D eigenvalue weighted by molar-refractivity contribution is -0.274. The van der Waals surface area contributed by atoms with E-state index in [0.717, 1.165) is 29.3 Å².